The number of carbonyl (C=O) groups is 1. The van der Waals surface area contributed by atoms with Crippen LogP contribution in [-0.4, -0.2) is 42.4 Å². The molecule has 1 aliphatic carbocycles. The molecule has 0 radical (unpaired) electrons. The number of carbonyl (C=O) groups excluding carboxylic acids is 1. The quantitative estimate of drug-likeness (QED) is 0.772. The molecule has 4 N–H and O–H groups in total. The highest BCUT2D eigenvalue weighted by Gasteiger charge is 2.33. The summed E-state index contributed by atoms with van der Waals surface area (Å²) in [5, 5.41) is 21.3. The number of nitrogens with zero attached hydrogens (tertiary/aromatic N) is 4. The maximum absolute atomic E-state index is 12.7. The Kier molecular flexibility index (Phi) is 3.73. The van der Waals surface area contributed by atoms with Crippen LogP contribution in [0.1, 0.15) is 47.2 Å². The molecule has 0 saturated heterocycles. The first-order valence-corrected chi connectivity index (χ1v) is 8.45. The first kappa shape index (κ1) is 15.5. The third-order valence-corrected chi connectivity index (χ3v) is 5.02. The fourth-order valence-corrected chi connectivity index (χ4v) is 3.26. The zero-order chi connectivity index (χ0) is 16.8. The number of hydrogen-bond donors (Lipinski definition) is 3. The molecule has 0 spiro atoms. The van der Waals surface area contributed by atoms with E-state index in [4.69, 9.17) is 17.3 Å². The molecule has 2 aromatic heterocycles. The van der Waals surface area contributed by atoms with Crippen LogP contribution in [0.2, 0.25) is 5.02 Å². The standard InChI is InChI=1S/C15H19ClN6O2/c16-11-12(18-19-14(11)17)15(24)21-4-1-5-22-9(7-21)6-10(20-22)13(23)8-2-3-8/h6,8,13,23H,1-5,7H2,(H3,17,18,19)/t13-/m1/s1. The van der Waals surface area contributed by atoms with Gasteiger partial charge in [-0.15, -0.1) is 0 Å². The lowest BCUT2D eigenvalue weighted by atomic mass is 10.1. The zero-order valence-electron chi connectivity index (χ0n) is 13.1. The maximum atomic E-state index is 12.7. The number of rotatable bonds is 3. The van der Waals surface area contributed by atoms with Crippen molar-refractivity contribution < 1.29 is 9.90 Å². The van der Waals surface area contributed by atoms with Crippen molar-refractivity contribution in [2.24, 2.45) is 5.92 Å². The molecule has 1 aliphatic heterocycles. The molecule has 1 fully saturated rings. The summed E-state index contributed by atoms with van der Waals surface area (Å²) in [7, 11) is 0. The Morgan fingerprint density at radius 1 is 1.46 bits per heavy atom. The van der Waals surface area contributed by atoms with Crippen molar-refractivity contribution in [2.45, 2.75) is 38.5 Å². The summed E-state index contributed by atoms with van der Waals surface area (Å²) in [6.45, 7) is 1.73. The number of anilines is 1. The summed E-state index contributed by atoms with van der Waals surface area (Å²) in [6.07, 6.45) is 2.37. The summed E-state index contributed by atoms with van der Waals surface area (Å²) in [5.74, 6) is 0.214. The van der Waals surface area contributed by atoms with Gasteiger partial charge >= 0.3 is 0 Å². The number of aliphatic hydroxyl groups is 1. The summed E-state index contributed by atoms with van der Waals surface area (Å²) < 4.78 is 1.89. The molecular formula is C15H19ClN6O2. The lowest BCUT2D eigenvalue weighted by molar-refractivity contribution is 0.0740. The third-order valence-electron chi connectivity index (χ3n) is 4.64. The van der Waals surface area contributed by atoms with Crippen LogP contribution in [0.4, 0.5) is 5.82 Å². The van der Waals surface area contributed by atoms with Gasteiger partial charge in [-0.2, -0.15) is 10.2 Å². The van der Waals surface area contributed by atoms with Gasteiger partial charge in [0.15, 0.2) is 5.82 Å². The summed E-state index contributed by atoms with van der Waals surface area (Å²) in [6, 6.07) is 1.90. The van der Waals surface area contributed by atoms with Crippen LogP contribution in [0.3, 0.4) is 0 Å². The Hall–Kier alpha value is -2.06. The molecule has 1 saturated carbocycles. The number of aromatic amines is 1. The van der Waals surface area contributed by atoms with Gasteiger partial charge in [-0.3, -0.25) is 14.6 Å². The lowest BCUT2D eigenvalue weighted by Crippen LogP contribution is -2.31. The van der Waals surface area contributed by atoms with E-state index in [0.717, 1.165) is 31.5 Å². The third kappa shape index (κ3) is 2.65. The van der Waals surface area contributed by atoms with E-state index in [2.05, 4.69) is 15.3 Å². The molecule has 128 valence electrons. The number of amides is 1. The second kappa shape index (κ2) is 5.78. The predicted molar refractivity (Wildman–Crippen MR) is 87.3 cm³/mol. The van der Waals surface area contributed by atoms with Gasteiger partial charge in [-0.1, -0.05) is 11.6 Å². The molecule has 0 unspecified atom stereocenters. The van der Waals surface area contributed by atoms with Crippen LogP contribution in [0.15, 0.2) is 6.07 Å². The van der Waals surface area contributed by atoms with Gasteiger partial charge in [-0.25, -0.2) is 0 Å². The van der Waals surface area contributed by atoms with Crippen LogP contribution in [0.5, 0.6) is 0 Å². The van der Waals surface area contributed by atoms with Gasteiger partial charge in [0.05, 0.1) is 17.9 Å². The van der Waals surface area contributed by atoms with E-state index in [1.165, 1.54) is 0 Å². The molecule has 1 amide bonds. The maximum Gasteiger partial charge on any atom is 0.273 e. The van der Waals surface area contributed by atoms with E-state index in [-0.39, 0.29) is 22.4 Å². The van der Waals surface area contributed by atoms with Crippen molar-refractivity contribution in [2.75, 3.05) is 12.3 Å². The minimum atomic E-state index is -0.504. The second-order valence-electron chi connectivity index (χ2n) is 6.44. The first-order chi connectivity index (χ1) is 11.5. The molecule has 4 rings (SSSR count). The van der Waals surface area contributed by atoms with Crippen molar-refractivity contribution in [3.05, 3.63) is 28.2 Å². The summed E-state index contributed by atoms with van der Waals surface area (Å²) in [4.78, 5) is 14.4. The molecule has 9 heteroatoms. The highest BCUT2D eigenvalue weighted by Crippen LogP contribution is 2.40. The number of aromatic nitrogens is 4. The van der Waals surface area contributed by atoms with Gasteiger partial charge in [-0.05, 0) is 31.2 Å². The van der Waals surface area contributed by atoms with E-state index in [0.29, 0.717) is 24.7 Å². The first-order valence-electron chi connectivity index (χ1n) is 8.08. The number of aryl methyl sites for hydroxylation is 1. The van der Waals surface area contributed by atoms with Crippen molar-refractivity contribution in [3.63, 3.8) is 0 Å². The van der Waals surface area contributed by atoms with E-state index in [1.807, 2.05) is 10.7 Å². The number of aliphatic hydroxyl groups excluding tert-OH is 1. The summed E-state index contributed by atoms with van der Waals surface area (Å²) in [5.41, 5.74) is 7.42. The number of hydrogen-bond acceptors (Lipinski definition) is 5. The SMILES string of the molecule is Nc1n[nH]c(C(=O)N2CCCn3nc([C@H](O)C4CC4)cc3C2)c1Cl. The Morgan fingerprint density at radius 3 is 2.92 bits per heavy atom. The summed E-state index contributed by atoms with van der Waals surface area (Å²) >= 11 is 6.03. The Morgan fingerprint density at radius 2 is 2.25 bits per heavy atom. The minimum Gasteiger partial charge on any atom is -0.386 e. The number of nitrogens with one attached hydrogen (secondary N) is 1. The highest BCUT2D eigenvalue weighted by atomic mass is 35.5. The normalized spacial score (nSPS) is 19.0. The van der Waals surface area contributed by atoms with Gasteiger partial charge < -0.3 is 15.7 Å². The van der Waals surface area contributed by atoms with Gasteiger partial charge in [0, 0.05) is 13.1 Å². The topological polar surface area (TPSA) is 113 Å². The van der Waals surface area contributed by atoms with E-state index >= 15 is 0 Å². The smallest absolute Gasteiger partial charge is 0.273 e. The fraction of sp³-hybridized carbons (Fsp3) is 0.533. The number of H-pyrrole nitrogens is 1. The van der Waals surface area contributed by atoms with E-state index in [1.54, 1.807) is 4.90 Å². The zero-order valence-corrected chi connectivity index (χ0v) is 13.8. The molecule has 2 aromatic rings. The Bertz CT molecular complexity index is 781. The van der Waals surface area contributed by atoms with Crippen LogP contribution in [0.25, 0.3) is 0 Å². The van der Waals surface area contributed by atoms with Gasteiger partial charge in [0.1, 0.15) is 16.8 Å². The van der Waals surface area contributed by atoms with Crippen LogP contribution in [-0.2, 0) is 13.1 Å². The van der Waals surface area contributed by atoms with Crippen molar-refractivity contribution in [1.82, 2.24) is 24.9 Å². The minimum absolute atomic E-state index is 0.120. The number of halogens is 1. The molecule has 3 heterocycles. The van der Waals surface area contributed by atoms with Crippen molar-refractivity contribution in [3.8, 4) is 0 Å². The lowest BCUT2D eigenvalue weighted by Gasteiger charge is -2.19. The van der Waals surface area contributed by atoms with E-state index in [9.17, 15) is 9.90 Å². The predicted octanol–water partition coefficient (Wildman–Crippen LogP) is 1.33. The number of nitrogen functional groups attached to an aromatic ring is 1. The molecule has 8 nitrogen and oxygen atoms in total. The molecule has 24 heavy (non-hydrogen) atoms. The molecule has 2 aliphatic rings. The van der Waals surface area contributed by atoms with Crippen LogP contribution in [0, 0.1) is 5.92 Å². The fourth-order valence-electron chi connectivity index (χ4n) is 3.10. The number of fused-ring (bicyclic) bond motifs is 1. The van der Waals surface area contributed by atoms with Crippen LogP contribution < -0.4 is 5.73 Å². The Labute approximate surface area is 143 Å². The molecular weight excluding hydrogens is 332 g/mol. The monoisotopic (exact) mass is 350 g/mol. The second-order valence-corrected chi connectivity index (χ2v) is 6.82. The average molecular weight is 351 g/mol. The molecule has 0 aromatic carbocycles. The molecule has 1 atom stereocenters. The van der Waals surface area contributed by atoms with Gasteiger partial charge in [0.25, 0.3) is 5.91 Å². The average Bonchev–Trinajstić information content (AvgIpc) is 3.31. The van der Waals surface area contributed by atoms with Crippen molar-refractivity contribution >= 4 is 23.3 Å². The van der Waals surface area contributed by atoms with Crippen LogP contribution >= 0.6 is 11.6 Å². The van der Waals surface area contributed by atoms with Gasteiger partial charge in [0.2, 0.25) is 0 Å². The Balaban J connectivity index is 1.57. The van der Waals surface area contributed by atoms with E-state index < -0.39 is 6.10 Å². The highest BCUT2D eigenvalue weighted by molar-refractivity contribution is 6.35. The largest absolute Gasteiger partial charge is 0.386 e. The molecule has 0 bridgehead atoms. The van der Waals surface area contributed by atoms with Crippen molar-refractivity contribution in [1.29, 1.82) is 0 Å². The number of nitrogens with two attached hydrogens (primary N) is 1.